The molecule has 0 saturated heterocycles. The normalized spacial score (nSPS) is 21.0. The van der Waals surface area contributed by atoms with Gasteiger partial charge in [0, 0.05) is 38.3 Å². The van der Waals surface area contributed by atoms with Crippen molar-refractivity contribution in [2.75, 3.05) is 6.54 Å². The van der Waals surface area contributed by atoms with Crippen LogP contribution in [0.2, 0.25) is 0 Å². The van der Waals surface area contributed by atoms with Crippen LogP contribution in [-0.2, 0) is 0 Å². The average Bonchev–Trinajstić information content (AvgIpc) is 2.78. The van der Waals surface area contributed by atoms with E-state index in [1.54, 1.807) is 11.3 Å². The van der Waals surface area contributed by atoms with Crippen molar-refractivity contribution in [2.24, 2.45) is 0 Å². The Morgan fingerprint density at radius 2 is 2.24 bits per heavy atom. The van der Waals surface area contributed by atoms with Crippen LogP contribution in [0.3, 0.4) is 0 Å². The zero-order valence-electron chi connectivity index (χ0n) is 12.0. The molecule has 0 saturated carbocycles. The second kappa shape index (κ2) is 6.07. The SMILES string of the molecule is CCNC1CC(c2cc(Br)c(C)s2)Oc2cc(F)ccc21. The molecule has 112 valence electrons. The van der Waals surface area contributed by atoms with Crippen molar-refractivity contribution in [3.63, 3.8) is 0 Å². The van der Waals surface area contributed by atoms with Crippen molar-refractivity contribution >= 4 is 27.3 Å². The highest BCUT2D eigenvalue weighted by Gasteiger charge is 2.30. The Balaban J connectivity index is 1.96. The van der Waals surface area contributed by atoms with Gasteiger partial charge in [0.15, 0.2) is 0 Å². The van der Waals surface area contributed by atoms with Gasteiger partial charge in [-0.1, -0.05) is 13.0 Å². The van der Waals surface area contributed by atoms with Gasteiger partial charge >= 0.3 is 0 Å². The largest absolute Gasteiger partial charge is 0.484 e. The maximum Gasteiger partial charge on any atom is 0.135 e. The quantitative estimate of drug-likeness (QED) is 0.809. The van der Waals surface area contributed by atoms with Gasteiger partial charge in [-0.3, -0.25) is 0 Å². The summed E-state index contributed by atoms with van der Waals surface area (Å²) in [5.41, 5.74) is 1.04. The van der Waals surface area contributed by atoms with Crippen LogP contribution in [0.15, 0.2) is 28.7 Å². The van der Waals surface area contributed by atoms with Crippen molar-refractivity contribution in [3.05, 3.63) is 49.9 Å². The molecule has 2 atom stereocenters. The standard InChI is InChI=1S/C16H17BrFNOS/c1-3-19-13-8-15(16-7-12(17)9(2)21-16)20-14-6-10(18)4-5-11(13)14/h4-7,13,15,19H,3,8H2,1-2H3. The lowest BCUT2D eigenvalue weighted by atomic mass is 9.95. The molecule has 1 aromatic carbocycles. The first kappa shape index (κ1) is 15.0. The molecule has 0 spiro atoms. The fourth-order valence-corrected chi connectivity index (χ4v) is 4.30. The molecule has 0 bridgehead atoms. The van der Waals surface area contributed by atoms with Crippen LogP contribution in [0.5, 0.6) is 5.75 Å². The van der Waals surface area contributed by atoms with Crippen LogP contribution in [0.25, 0.3) is 0 Å². The molecule has 2 heterocycles. The second-order valence-corrected chi connectivity index (χ2v) is 7.33. The number of thiophene rings is 1. The molecule has 1 N–H and O–H groups in total. The van der Waals surface area contributed by atoms with Gasteiger partial charge in [-0.2, -0.15) is 0 Å². The van der Waals surface area contributed by atoms with Crippen molar-refractivity contribution < 1.29 is 9.13 Å². The number of hydrogen-bond donors (Lipinski definition) is 1. The zero-order valence-corrected chi connectivity index (χ0v) is 14.4. The summed E-state index contributed by atoms with van der Waals surface area (Å²) in [5.74, 6) is 0.396. The molecule has 2 nitrogen and oxygen atoms in total. The number of benzene rings is 1. The second-order valence-electron chi connectivity index (χ2n) is 5.19. The van der Waals surface area contributed by atoms with E-state index in [2.05, 4.69) is 41.2 Å². The third kappa shape index (κ3) is 3.00. The van der Waals surface area contributed by atoms with Gasteiger partial charge in [-0.05, 0) is 41.5 Å². The van der Waals surface area contributed by atoms with Gasteiger partial charge in [-0.15, -0.1) is 11.3 Å². The summed E-state index contributed by atoms with van der Waals surface area (Å²) < 4.78 is 20.7. The van der Waals surface area contributed by atoms with E-state index in [-0.39, 0.29) is 18.0 Å². The molecular weight excluding hydrogens is 353 g/mol. The molecule has 3 rings (SSSR count). The van der Waals surface area contributed by atoms with Gasteiger partial charge in [-0.25, -0.2) is 4.39 Å². The highest BCUT2D eigenvalue weighted by molar-refractivity contribution is 9.10. The Morgan fingerprint density at radius 3 is 2.90 bits per heavy atom. The van der Waals surface area contributed by atoms with Crippen LogP contribution in [-0.4, -0.2) is 6.54 Å². The number of aryl methyl sites for hydroxylation is 1. The molecule has 0 aliphatic carbocycles. The molecule has 0 fully saturated rings. The molecule has 1 aliphatic rings. The minimum absolute atomic E-state index is 0.0293. The number of fused-ring (bicyclic) bond motifs is 1. The Kier molecular flexibility index (Phi) is 4.33. The summed E-state index contributed by atoms with van der Waals surface area (Å²) in [7, 11) is 0. The predicted molar refractivity (Wildman–Crippen MR) is 87.6 cm³/mol. The number of ether oxygens (including phenoxy) is 1. The summed E-state index contributed by atoms with van der Waals surface area (Å²) >= 11 is 5.28. The van der Waals surface area contributed by atoms with Crippen LogP contribution in [0.4, 0.5) is 4.39 Å². The van der Waals surface area contributed by atoms with Crippen LogP contribution < -0.4 is 10.1 Å². The van der Waals surface area contributed by atoms with E-state index in [0.717, 1.165) is 23.0 Å². The van der Waals surface area contributed by atoms with E-state index in [9.17, 15) is 4.39 Å². The Labute approximate surface area is 136 Å². The fourth-order valence-electron chi connectivity index (χ4n) is 2.69. The van der Waals surface area contributed by atoms with Gasteiger partial charge in [0.05, 0.1) is 0 Å². The van der Waals surface area contributed by atoms with Crippen molar-refractivity contribution in [1.82, 2.24) is 5.32 Å². The first-order valence-electron chi connectivity index (χ1n) is 7.03. The maximum atomic E-state index is 13.5. The van der Waals surface area contributed by atoms with E-state index >= 15 is 0 Å². The molecular formula is C16H17BrFNOS. The monoisotopic (exact) mass is 369 g/mol. The Bertz CT molecular complexity index is 638. The summed E-state index contributed by atoms with van der Waals surface area (Å²) in [4.78, 5) is 2.41. The number of rotatable bonds is 3. The number of hydrogen-bond acceptors (Lipinski definition) is 3. The third-order valence-corrected chi connectivity index (χ3v) is 5.94. The average molecular weight is 370 g/mol. The van der Waals surface area contributed by atoms with E-state index in [4.69, 9.17) is 4.74 Å². The minimum Gasteiger partial charge on any atom is -0.484 e. The summed E-state index contributed by atoms with van der Waals surface area (Å²) in [6.45, 7) is 5.04. The maximum absolute atomic E-state index is 13.5. The van der Waals surface area contributed by atoms with Gasteiger partial charge in [0.2, 0.25) is 0 Å². The number of halogens is 2. The summed E-state index contributed by atoms with van der Waals surface area (Å²) in [6, 6.07) is 7.12. The molecule has 1 aromatic heterocycles. The van der Waals surface area contributed by atoms with Crippen molar-refractivity contribution in [2.45, 2.75) is 32.4 Å². The van der Waals surface area contributed by atoms with Gasteiger partial charge < -0.3 is 10.1 Å². The number of nitrogens with one attached hydrogen (secondary N) is 1. The first-order chi connectivity index (χ1) is 10.1. The summed E-state index contributed by atoms with van der Waals surface area (Å²) in [6.07, 6.45) is 0.831. The van der Waals surface area contributed by atoms with Crippen LogP contribution in [0, 0.1) is 12.7 Å². The summed E-state index contributed by atoms with van der Waals surface area (Å²) in [5, 5.41) is 3.47. The van der Waals surface area contributed by atoms with Crippen molar-refractivity contribution in [1.29, 1.82) is 0 Å². The lowest BCUT2D eigenvalue weighted by molar-refractivity contribution is 0.154. The minimum atomic E-state index is -0.256. The lowest BCUT2D eigenvalue weighted by Crippen LogP contribution is -2.28. The first-order valence-corrected chi connectivity index (χ1v) is 8.64. The predicted octanol–water partition coefficient (Wildman–Crippen LogP) is 5.13. The Morgan fingerprint density at radius 1 is 1.43 bits per heavy atom. The molecule has 5 heteroatoms. The fraction of sp³-hybridized carbons (Fsp3) is 0.375. The highest BCUT2D eigenvalue weighted by Crippen LogP contribution is 2.43. The molecule has 2 unspecified atom stereocenters. The van der Waals surface area contributed by atoms with Gasteiger partial charge in [0.25, 0.3) is 0 Å². The molecule has 21 heavy (non-hydrogen) atoms. The molecule has 0 radical (unpaired) electrons. The Hall–Kier alpha value is -0.910. The highest BCUT2D eigenvalue weighted by atomic mass is 79.9. The lowest BCUT2D eigenvalue weighted by Gasteiger charge is -2.32. The van der Waals surface area contributed by atoms with Crippen molar-refractivity contribution in [3.8, 4) is 5.75 Å². The molecule has 1 aliphatic heterocycles. The van der Waals surface area contributed by atoms with E-state index in [0.29, 0.717) is 5.75 Å². The molecule has 0 amide bonds. The van der Waals surface area contributed by atoms with E-state index in [1.807, 2.05) is 6.07 Å². The smallest absolute Gasteiger partial charge is 0.135 e. The topological polar surface area (TPSA) is 21.3 Å². The van der Waals surface area contributed by atoms with E-state index in [1.165, 1.54) is 21.9 Å². The van der Waals surface area contributed by atoms with Gasteiger partial charge in [0.1, 0.15) is 17.7 Å². The third-order valence-electron chi connectivity index (χ3n) is 3.71. The van der Waals surface area contributed by atoms with Crippen LogP contribution in [0.1, 0.15) is 40.8 Å². The molecule has 2 aromatic rings. The zero-order chi connectivity index (χ0) is 15.0. The van der Waals surface area contributed by atoms with Crippen LogP contribution >= 0.6 is 27.3 Å². The van der Waals surface area contributed by atoms with E-state index < -0.39 is 0 Å².